The predicted molar refractivity (Wildman–Crippen MR) is 90.8 cm³/mol. The van der Waals surface area contributed by atoms with E-state index in [1.807, 2.05) is 32.0 Å². The van der Waals surface area contributed by atoms with E-state index in [2.05, 4.69) is 32.9 Å². The monoisotopic (exact) mass is 264 g/mol. The topological polar surface area (TPSA) is 0 Å². The molecule has 0 saturated carbocycles. The third-order valence-corrected chi connectivity index (χ3v) is 2.90. The van der Waals surface area contributed by atoms with Crippen LogP contribution < -0.4 is 0 Å². The standard InChI is InChI=1S/C10H22.C7H8.C2H6/c1-3-5-7-9-10-8-6-4-2;1-7-5-3-2-4-6-7;1-2/h3-10H2,1-2H3;2-6H,1H3;1-2H3. The van der Waals surface area contributed by atoms with Gasteiger partial charge in [-0.05, 0) is 6.92 Å². The summed E-state index contributed by atoms with van der Waals surface area (Å²) < 4.78 is 0. The Balaban J connectivity index is 0. The minimum absolute atomic E-state index is 1.32. The Bertz CT molecular complexity index is 217. The van der Waals surface area contributed by atoms with Crippen LogP contribution in [0.25, 0.3) is 0 Å². The molecular formula is C19H36. The van der Waals surface area contributed by atoms with E-state index in [9.17, 15) is 0 Å². The molecule has 1 rings (SSSR count). The van der Waals surface area contributed by atoms with Crippen LogP contribution in [-0.4, -0.2) is 0 Å². The van der Waals surface area contributed by atoms with Crippen molar-refractivity contribution in [2.45, 2.75) is 86.0 Å². The van der Waals surface area contributed by atoms with Crippen molar-refractivity contribution in [1.29, 1.82) is 0 Å². The lowest BCUT2D eigenvalue weighted by molar-refractivity contribution is 0.585. The molecule has 0 spiro atoms. The Labute approximate surface area is 122 Å². The first kappa shape index (κ1) is 20.5. The van der Waals surface area contributed by atoms with Gasteiger partial charge in [0.2, 0.25) is 0 Å². The first-order chi connectivity index (χ1) is 9.31. The Morgan fingerprint density at radius 1 is 0.632 bits per heavy atom. The van der Waals surface area contributed by atoms with Crippen LogP contribution in [0.15, 0.2) is 30.3 Å². The zero-order valence-electron chi connectivity index (χ0n) is 14.0. The van der Waals surface area contributed by atoms with Gasteiger partial charge in [0, 0.05) is 0 Å². The summed E-state index contributed by atoms with van der Waals surface area (Å²) in [7, 11) is 0. The predicted octanol–water partition coefficient (Wildman–Crippen LogP) is 7.17. The zero-order valence-corrected chi connectivity index (χ0v) is 14.0. The third kappa shape index (κ3) is 19.7. The van der Waals surface area contributed by atoms with Crippen molar-refractivity contribution in [2.75, 3.05) is 0 Å². The van der Waals surface area contributed by atoms with Crippen molar-refractivity contribution in [2.24, 2.45) is 0 Å². The van der Waals surface area contributed by atoms with Crippen molar-refractivity contribution < 1.29 is 0 Å². The molecule has 1 aromatic carbocycles. The second-order valence-corrected chi connectivity index (χ2v) is 4.78. The maximum Gasteiger partial charge on any atom is -0.0398 e. The summed E-state index contributed by atoms with van der Waals surface area (Å²) in [6.45, 7) is 10.6. The molecule has 19 heavy (non-hydrogen) atoms. The second-order valence-electron chi connectivity index (χ2n) is 4.78. The molecule has 0 nitrogen and oxygen atoms in total. The number of unbranched alkanes of at least 4 members (excludes halogenated alkanes) is 7. The van der Waals surface area contributed by atoms with Gasteiger partial charge in [-0.15, -0.1) is 0 Å². The summed E-state index contributed by atoms with van der Waals surface area (Å²) >= 11 is 0. The van der Waals surface area contributed by atoms with Gasteiger partial charge >= 0.3 is 0 Å². The maximum atomic E-state index is 2.27. The molecule has 112 valence electrons. The van der Waals surface area contributed by atoms with E-state index in [-0.39, 0.29) is 0 Å². The quantitative estimate of drug-likeness (QED) is 0.458. The van der Waals surface area contributed by atoms with Crippen LogP contribution in [0, 0.1) is 6.92 Å². The van der Waals surface area contributed by atoms with E-state index in [4.69, 9.17) is 0 Å². The van der Waals surface area contributed by atoms with Gasteiger partial charge in [0.25, 0.3) is 0 Å². The molecule has 0 aliphatic carbocycles. The molecule has 0 amide bonds. The molecule has 0 aliphatic heterocycles. The van der Waals surface area contributed by atoms with Crippen molar-refractivity contribution in [1.82, 2.24) is 0 Å². The smallest absolute Gasteiger partial charge is 0.0398 e. The lowest BCUT2D eigenvalue weighted by atomic mass is 10.1. The van der Waals surface area contributed by atoms with Crippen LogP contribution in [0.5, 0.6) is 0 Å². The average Bonchev–Trinajstić information content (AvgIpc) is 2.46. The van der Waals surface area contributed by atoms with E-state index in [1.165, 1.54) is 56.9 Å². The Kier molecular flexibility index (Phi) is 21.1. The minimum Gasteiger partial charge on any atom is -0.0683 e. The molecule has 0 bridgehead atoms. The van der Waals surface area contributed by atoms with Gasteiger partial charge in [0.1, 0.15) is 0 Å². The molecule has 1 aromatic rings. The average molecular weight is 264 g/mol. The third-order valence-electron chi connectivity index (χ3n) is 2.90. The van der Waals surface area contributed by atoms with Crippen LogP contribution in [0.4, 0.5) is 0 Å². The molecule has 0 aliphatic rings. The second kappa shape index (κ2) is 19.6. The van der Waals surface area contributed by atoms with Crippen LogP contribution in [-0.2, 0) is 0 Å². The van der Waals surface area contributed by atoms with Crippen molar-refractivity contribution >= 4 is 0 Å². The van der Waals surface area contributed by atoms with Gasteiger partial charge in [-0.1, -0.05) is 115 Å². The molecule has 0 aromatic heterocycles. The number of rotatable bonds is 7. The Morgan fingerprint density at radius 3 is 1.26 bits per heavy atom. The number of hydrogen-bond donors (Lipinski definition) is 0. The molecule has 0 heteroatoms. The van der Waals surface area contributed by atoms with Gasteiger partial charge in [-0.3, -0.25) is 0 Å². The highest BCUT2D eigenvalue weighted by Gasteiger charge is 1.87. The van der Waals surface area contributed by atoms with Gasteiger partial charge in [0.05, 0.1) is 0 Å². The number of aryl methyl sites for hydroxylation is 1. The van der Waals surface area contributed by atoms with E-state index in [0.717, 1.165) is 0 Å². The van der Waals surface area contributed by atoms with Crippen LogP contribution in [0.1, 0.15) is 84.6 Å². The summed E-state index contributed by atoms with van der Waals surface area (Å²) in [6, 6.07) is 10.3. The number of hydrogen-bond acceptors (Lipinski definition) is 0. The first-order valence-corrected chi connectivity index (χ1v) is 8.32. The summed E-state index contributed by atoms with van der Waals surface area (Å²) in [4.78, 5) is 0. The van der Waals surface area contributed by atoms with E-state index in [1.54, 1.807) is 0 Å². The van der Waals surface area contributed by atoms with Gasteiger partial charge in [0.15, 0.2) is 0 Å². The lowest BCUT2D eigenvalue weighted by Crippen LogP contribution is -1.77. The highest BCUT2D eigenvalue weighted by Crippen LogP contribution is 2.07. The number of benzene rings is 1. The van der Waals surface area contributed by atoms with Crippen molar-refractivity contribution in [3.8, 4) is 0 Å². The Morgan fingerprint density at radius 2 is 1.00 bits per heavy atom. The summed E-state index contributed by atoms with van der Waals surface area (Å²) in [5.41, 5.74) is 1.32. The normalized spacial score (nSPS) is 8.89. The van der Waals surface area contributed by atoms with Crippen LogP contribution >= 0.6 is 0 Å². The molecule has 0 atom stereocenters. The summed E-state index contributed by atoms with van der Waals surface area (Å²) in [5.74, 6) is 0. The highest BCUT2D eigenvalue weighted by atomic mass is 13.9. The first-order valence-electron chi connectivity index (χ1n) is 8.32. The van der Waals surface area contributed by atoms with Crippen LogP contribution in [0.2, 0.25) is 0 Å². The molecule has 0 saturated heterocycles. The van der Waals surface area contributed by atoms with E-state index in [0.29, 0.717) is 0 Å². The fourth-order valence-electron chi connectivity index (χ4n) is 1.74. The fraction of sp³-hybridized carbons (Fsp3) is 0.684. The molecule has 0 radical (unpaired) electrons. The molecule has 0 N–H and O–H groups in total. The molecule has 0 unspecified atom stereocenters. The minimum atomic E-state index is 1.32. The lowest BCUT2D eigenvalue weighted by Gasteiger charge is -1.97. The maximum absolute atomic E-state index is 2.27. The van der Waals surface area contributed by atoms with Crippen molar-refractivity contribution in [3.05, 3.63) is 35.9 Å². The van der Waals surface area contributed by atoms with Crippen molar-refractivity contribution in [3.63, 3.8) is 0 Å². The zero-order chi connectivity index (χ0) is 14.8. The van der Waals surface area contributed by atoms with Gasteiger partial charge in [-0.2, -0.15) is 0 Å². The summed E-state index contributed by atoms with van der Waals surface area (Å²) in [6.07, 6.45) is 11.5. The largest absolute Gasteiger partial charge is 0.0683 e. The molecular weight excluding hydrogens is 228 g/mol. The summed E-state index contributed by atoms with van der Waals surface area (Å²) in [5, 5.41) is 0. The SMILES string of the molecule is CC.CCCCCCCCCC.Cc1ccccc1. The highest BCUT2D eigenvalue weighted by molar-refractivity contribution is 5.11. The fourth-order valence-corrected chi connectivity index (χ4v) is 1.74. The Hall–Kier alpha value is -0.780. The molecule has 0 heterocycles. The van der Waals surface area contributed by atoms with Gasteiger partial charge in [-0.25, -0.2) is 0 Å². The molecule has 0 fully saturated rings. The van der Waals surface area contributed by atoms with E-state index < -0.39 is 0 Å². The van der Waals surface area contributed by atoms with Gasteiger partial charge < -0.3 is 0 Å². The van der Waals surface area contributed by atoms with E-state index >= 15 is 0 Å². The van der Waals surface area contributed by atoms with Crippen LogP contribution in [0.3, 0.4) is 0 Å².